The van der Waals surface area contributed by atoms with Gasteiger partial charge in [-0.25, -0.2) is 4.98 Å². The number of thiazole rings is 1. The van der Waals surface area contributed by atoms with Crippen LogP contribution in [0.25, 0.3) is 11.3 Å². The van der Waals surface area contributed by atoms with Gasteiger partial charge >= 0.3 is 0 Å². The fourth-order valence-corrected chi connectivity index (χ4v) is 3.78. The Morgan fingerprint density at radius 3 is 2.68 bits per heavy atom. The molecule has 3 N–H and O–H groups in total. The molecule has 2 aromatic rings. The summed E-state index contributed by atoms with van der Waals surface area (Å²) in [4.78, 5) is 18.0. The van der Waals surface area contributed by atoms with Crippen molar-refractivity contribution in [1.29, 1.82) is 0 Å². The van der Waals surface area contributed by atoms with Gasteiger partial charge in [0, 0.05) is 23.7 Å². The fraction of sp³-hybridized carbons (Fsp3) is 0.444. The van der Waals surface area contributed by atoms with Gasteiger partial charge in [-0.1, -0.05) is 0 Å². The molecule has 3 rings (SSSR count). The largest absolute Gasteiger partial charge is 0.497 e. The highest BCUT2D eigenvalue weighted by Gasteiger charge is 2.27. The van der Waals surface area contributed by atoms with Crippen LogP contribution in [-0.2, 0) is 9.53 Å². The van der Waals surface area contributed by atoms with E-state index in [0.717, 1.165) is 34.7 Å². The van der Waals surface area contributed by atoms with Crippen LogP contribution in [-0.4, -0.2) is 37.3 Å². The first-order valence-electron chi connectivity index (χ1n) is 8.34. The number of aromatic nitrogens is 1. The van der Waals surface area contributed by atoms with Gasteiger partial charge in [-0.3, -0.25) is 4.79 Å². The van der Waals surface area contributed by atoms with Gasteiger partial charge in [0.1, 0.15) is 5.75 Å². The van der Waals surface area contributed by atoms with Gasteiger partial charge in [-0.05, 0) is 49.9 Å². The van der Waals surface area contributed by atoms with E-state index in [1.165, 1.54) is 11.3 Å². The van der Waals surface area contributed by atoms with Crippen molar-refractivity contribution < 1.29 is 14.3 Å². The van der Waals surface area contributed by atoms with Gasteiger partial charge in [0.05, 0.1) is 18.8 Å². The van der Waals surface area contributed by atoms with E-state index in [2.05, 4.69) is 10.3 Å². The van der Waals surface area contributed by atoms with Crippen LogP contribution in [0.5, 0.6) is 5.75 Å². The first-order chi connectivity index (χ1) is 12.1. The lowest BCUT2D eigenvalue weighted by atomic mass is 9.92. The number of nitrogens with one attached hydrogen (secondary N) is 1. The van der Waals surface area contributed by atoms with E-state index in [4.69, 9.17) is 15.2 Å². The zero-order valence-corrected chi connectivity index (χ0v) is 15.3. The Kier molecular flexibility index (Phi) is 5.67. The van der Waals surface area contributed by atoms with Gasteiger partial charge in [0.15, 0.2) is 5.13 Å². The first-order valence-corrected chi connectivity index (χ1v) is 9.16. The summed E-state index contributed by atoms with van der Waals surface area (Å²) in [5.74, 6) is 0.783. The third-order valence-electron chi connectivity index (χ3n) is 4.47. The van der Waals surface area contributed by atoms with Crippen molar-refractivity contribution in [1.82, 2.24) is 4.98 Å². The highest BCUT2D eigenvalue weighted by Crippen LogP contribution is 2.31. The number of rotatable bonds is 5. The Bertz CT molecular complexity index is 724. The molecule has 1 saturated heterocycles. The molecule has 1 aromatic carbocycles. The summed E-state index contributed by atoms with van der Waals surface area (Å²) in [6.45, 7) is 3.33. The fourth-order valence-electron chi connectivity index (χ4n) is 2.94. The number of carbonyl (C=O) groups excluding carboxylic acids is 1. The molecule has 1 atom stereocenters. The van der Waals surface area contributed by atoms with E-state index in [1.807, 2.05) is 31.2 Å². The van der Waals surface area contributed by atoms with Crippen LogP contribution in [0.15, 0.2) is 24.3 Å². The summed E-state index contributed by atoms with van der Waals surface area (Å²) >= 11 is 1.46. The number of amides is 1. The Morgan fingerprint density at radius 1 is 1.36 bits per heavy atom. The summed E-state index contributed by atoms with van der Waals surface area (Å²) in [7, 11) is 1.64. The van der Waals surface area contributed by atoms with Crippen molar-refractivity contribution in [3.63, 3.8) is 0 Å². The third-order valence-corrected chi connectivity index (χ3v) is 5.35. The van der Waals surface area contributed by atoms with Crippen molar-refractivity contribution in [2.75, 3.05) is 25.6 Å². The molecule has 0 saturated carbocycles. The monoisotopic (exact) mass is 361 g/mol. The van der Waals surface area contributed by atoms with E-state index >= 15 is 0 Å². The number of ether oxygens (including phenoxy) is 2. The summed E-state index contributed by atoms with van der Waals surface area (Å²) in [6, 6.07) is 7.18. The maximum Gasteiger partial charge on any atom is 0.243 e. The normalized spacial score (nSPS) is 16.4. The minimum atomic E-state index is -0.530. The zero-order valence-electron chi connectivity index (χ0n) is 14.5. The molecule has 0 radical (unpaired) electrons. The Labute approximate surface area is 151 Å². The predicted octanol–water partition coefficient (Wildman–Crippen LogP) is 2.82. The van der Waals surface area contributed by atoms with Crippen molar-refractivity contribution in [2.45, 2.75) is 25.8 Å². The Morgan fingerprint density at radius 2 is 2.04 bits per heavy atom. The van der Waals surface area contributed by atoms with Crippen molar-refractivity contribution in [2.24, 2.45) is 11.7 Å². The second kappa shape index (κ2) is 7.95. The molecule has 0 aliphatic carbocycles. The van der Waals surface area contributed by atoms with E-state index < -0.39 is 6.04 Å². The molecule has 7 heteroatoms. The quantitative estimate of drug-likeness (QED) is 0.855. The second-order valence-corrected chi connectivity index (χ2v) is 7.32. The standard InChI is InChI=1S/C18H23N3O3S/c1-11-16(13-3-5-14(23-2)6-4-13)20-18(25-11)21-17(22)15(19)12-7-9-24-10-8-12/h3-6,12,15H,7-10,19H2,1-2H3,(H,20,21,22). The second-order valence-electron chi connectivity index (χ2n) is 6.12. The number of hydrogen-bond acceptors (Lipinski definition) is 6. The lowest BCUT2D eigenvalue weighted by Crippen LogP contribution is -2.43. The molecule has 2 heterocycles. The molecule has 0 bridgehead atoms. The maximum absolute atomic E-state index is 12.4. The summed E-state index contributed by atoms with van der Waals surface area (Å²) in [6.07, 6.45) is 1.64. The van der Waals surface area contributed by atoms with Crippen LogP contribution in [0.3, 0.4) is 0 Å². The van der Waals surface area contributed by atoms with Gasteiger partial charge < -0.3 is 20.5 Å². The first kappa shape index (κ1) is 17.8. The number of nitrogens with zero attached hydrogens (tertiary/aromatic N) is 1. The molecule has 6 nitrogen and oxygen atoms in total. The average Bonchev–Trinajstić information content (AvgIpc) is 3.02. The lowest BCUT2D eigenvalue weighted by Gasteiger charge is -2.26. The molecule has 25 heavy (non-hydrogen) atoms. The number of aryl methyl sites for hydroxylation is 1. The van der Waals surface area contributed by atoms with Gasteiger partial charge in [0.25, 0.3) is 0 Å². The topological polar surface area (TPSA) is 86.5 Å². The third kappa shape index (κ3) is 4.18. The molecule has 1 aliphatic rings. The van der Waals surface area contributed by atoms with Crippen LogP contribution in [0, 0.1) is 12.8 Å². The molecule has 1 unspecified atom stereocenters. The van der Waals surface area contributed by atoms with Gasteiger partial charge in [-0.2, -0.15) is 0 Å². The molecule has 0 spiro atoms. The molecular formula is C18H23N3O3S. The number of nitrogens with two attached hydrogens (primary N) is 1. The van der Waals surface area contributed by atoms with E-state index in [-0.39, 0.29) is 11.8 Å². The minimum Gasteiger partial charge on any atom is -0.497 e. The Balaban J connectivity index is 1.69. The predicted molar refractivity (Wildman–Crippen MR) is 99.0 cm³/mol. The maximum atomic E-state index is 12.4. The molecule has 1 fully saturated rings. The van der Waals surface area contributed by atoms with Gasteiger partial charge in [0.2, 0.25) is 5.91 Å². The van der Waals surface area contributed by atoms with Crippen LogP contribution >= 0.6 is 11.3 Å². The highest BCUT2D eigenvalue weighted by molar-refractivity contribution is 7.16. The van der Waals surface area contributed by atoms with Crippen LogP contribution in [0.1, 0.15) is 17.7 Å². The van der Waals surface area contributed by atoms with E-state index in [0.29, 0.717) is 18.3 Å². The average molecular weight is 361 g/mol. The number of benzene rings is 1. The molecule has 1 aromatic heterocycles. The number of carbonyl (C=O) groups is 1. The lowest BCUT2D eigenvalue weighted by molar-refractivity contribution is -0.119. The Hall–Kier alpha value is -1.96. The molecule has 134 valence electrons. The van der Waals surface area contributed by atoms with Gasteiger partial charge in [-0.15, -0.1) is 11.3 Å². The number of hydrogen-bond donors (Lipinski definition) is 2. The summed E-state index contributed by atoms with van der Waals surface area (Å²) in [5.41, 5.74) is 7.98. The number of anilines is 1. The van der Waals surface area contributed by atoms with Crippen molar-refractivity contribution in [3.05, 3.63) is 29.1 Å². The van der Waals surface area contributed by atoms with Crippen LogP contribution in [0.4, 0.5) is 5.13 Å². The number of methoxy groups -OCH3 is 1. The summed E-state index contributed by atoms with van der Waals surface area (Å²) < 4.78 is 10.5. The molecule has 1 aliphatic heterocycles. The molecular weight excluding hydrogens is 338 g/mol. The highest BCUT2D eigenvalue weighted by atomic mass is 32.1. The zero-order chi connectivity index (χ0) is 17.8. The van der Waals surface area contributed by atoms with Crippen LogP contribution < -0.4 is 15.8 Å². The van der Waals surface area contributed by atoms with Crippen molar-refractivity contribution in [3.8, 4) is 17.0 Å². The minimum absolute atomic E-state index is 0.163. The van der Waals surface area contributed by atoms with E-state index in [9.17, 15) is 4.79 Å². The molecule has 1 amide bonds. The smallest absolute Gasteiger partial charge is 0.243 e. The summed E-state index contributed by atoms with van der Waals surface area (Å²) in [5, 5.41) is 3.45. The SMILES string of the molecule is COc1ccc(-c2nc(NC(=O)C(N)C3CCOCC3)sc2C)cc1. The van der Waals surface area contributed by atoms with Crippen molar-refractivity contribution >= 4 is 22.4 Å². The van der Waals surface area contributed by atoms with E-state index in [1.54, 1.807) is 7.11 Å². The van der Waals surface area contributed by atoms with Crippen LogP contribution in [0.2, 0.25) is 0 Å².